The number of fused-ring (bicyclic) bond motifs is 4. The molecule has 122 valence electrons. The van der Waals surface area contributed by atoms with Gasteiger partial charge in [0, 0.05) is 17.5 Å². The maximum atomic E-state index is 11.7. The number of hydrogen-bond donors (Lipinski definition) is 2. The molecule has 24 heavy (non-hydrogen) atoms. The fourth-order valence-corrected chi connectivity index (χ4v) is 3.09. The highest BCUT2D eigenvalue weighted by Crippen LogP contribution is 2.28. The van der Waals surface area contributed by atoms with Crippen molar-refractivity contribution in [3.8, 4) is 11.3 Å². The summed E-state index contributed by atoms with van der Waals surface area (Å²) >= 11 is 0. The first-order chi connectivity index (χ1) is 11.8. The summed E-state index contributed by atoms with van der Waals surface area (Å²) in [6, 6.07) is 14.4. The van der Waals surface area contributed by atoms with Gasteiger partial charge in [-0.15, -0.1) is 0 Å². The average molecular weight is 321 g/mol. The highest BCUT2D eigenvalue weighted by Gasteiger charge is 2.11. The van der Waals surface area contributed by atoms with Crippen molar-refractivity contribution in [2.75, 3.05) is 6.54 Å². The van der Waals surface area contributed by atoms with Gasteiger partial charge in [-0.1, -0.05) is 24.3 Å². The number of alkyl carbamates (subject to hydrolysis) is 1. The van der Waals surface area contributed by atoms with Gasteiger partial charge in [-0.25, -0.2) is 4.79 Å². The van der Waals surface area contributed by atoms with E-state index in [0.717, 1.165) is 47.0 Å². The van der Waals surface area contributed by atoms with Gasteiger partial charge in [-0.3, -0.25) is 5.10 Å². The smallest absolute Gasteiger partial charge is 0.407 e. The predicted octanol–water partition coefficient (Wildman–Crippen LogP) is 3.79. The van der Waals surface area contributed by atoms with Gasteiger partial charge in [0.05, 0.1) is 11.2 Å². The molecule has 1 aliphatic rings. The number of carbonyl (C=O) groups excluding carboxylic acids is 1. The van der Waals surface area contributed by atoms with Crippen LogP contribution in [0.5, 0.6) is 0 Å². The molecule has 4 rings (SSSR count). The topological polar surface area (TPSA) is 67.0 Å². The third-order valence-corrected chi connectivity index (χ3v) is 4.36. The molecule has 5 heteroatoms. The van der Waals surface area contributed by atoms with E-state index in [9.17, 15) is 4.79 Å². The Morgan fingerprint density at radius 1 is 1.04 bits per heavy atom. The molecule has 1 aliphatic heterocycles. The molecule has 0 atom stereocenters. The summed E-state index contributed by atoms with van der Waals surface area (Å²) in [5, 5.41) is 11.5. The van der Waals surface area contributed by atoms with Gasteiger partial charge in [-0.2, -0.15) is 5.10 Å². The van der Waals surface area contributed by atoms with Crippen LogP contribution >= 0.6 is 0 Å². The van der Waals surface area contributed by atoms with Crippen LogP contribution in [-0.2, 0) is 17.8 Å². The molecule has 0 fully saturated rings. The summed E-state index contributed by atoms with van der Waals surface area (Å²) < 4.78 is 5.28. The van der Waals surface area contributed by atoms with Crippen molar-refractivity contribution in [3.63, 3.8) is 0 Å². The lowest BCUT2D eigenvalue weighted by Crippen LogP contribution is -2.25. The third-order valence-electron chi connectivity index (χ3n) is 4.36. The van der Waals surface area contributed by atoms with Crippen LogP contribution in [0.15, 0.2) is 42.5 Å². The van der Waals surface area contributed by atoms with Crippen molar-refractivity contribution in [2.45, 2.75) is 25.9 Å². The highest BCUT2D eigenvalue weighted by molar-refractivity contribution is 5.93. The fourth-order valence-electron chi connectivity index (χ4n) is 3.09. The Morgan fingerprint density at radius 2 is 2.00 bits per heavy atom. The molecule has 0 saturated heterocycles. The number of aromatic nitrogens is 2. The van der Waals surface area contributed by atoms with Crippen molar-refractivity contribution in [3.05, 3.63) is 53.6 Å². The van der Waals surface area contributed by atoms with Crippen LogP contribution in [0.1, 0.15) is 24.0 Å². The molecular formula is C19H19N3O2. The summed E-state index contributed by atoms with van der Waals surface area (Å²) in [5.41, 5.74) is 5.24. The number of carbonyl (C=O) groups is 1. The zero-order valence-electron chi connectivity index (χ0n) is 13.3. The van der Waals surface area contributed by atoms with Crippen LogP contribution in [0.25, 0.3) is 22.2 Å². The number of nitrogens with zero attached hydrogens (tertiary/aromatic N) is 1. The maximum absolute atomic E-state index is 11.7. The van der Waals surface area contributed by atoms with Crippen molar-refractivity contribution in [2.24, 2.45) is 0 Å². The van der Waals surface area contributed by atoms with E-state index in [4.69, 9.17) is 4.74 Å². The maximum Gasteiger partial charge on any atom is 0.407 e. The Balaban J connectivity index is 1.78. The summed E-state index contributed by atoms with van der Waals surface area (Å²) in [6.45, 7) is 0.894. The van der Waals surface area contributed by atoms with Crippen molar-refractivity contribution < 1.29 is 9.53 Å². The lowest BCUT2D eigenvalue weighted by molar-refractivity contribution is 0.139. The van der Waals surface area contributed by atoms with E-state index in [1.54, 1.807) is 0 Å². The molecule has 2 heterocycles. The lowest BCUT2D eigenvalue weighted by Gasteiger charge is -2.07. The molecule has 4 bridgehead atoms. The van der Waals surface area contributed by atoms with Gasteiger partial charge < -0.3 is 10.1 Å². The quantitative estimate of drug-likeness (QED) is 0.662. The van der Waals surface area contributed by atoms with Crippen molar-refractivity contribution in [1.29, 1.82) is 0 Å². The van der Waals surface area contributed by atoms with Gasteiger partial charge in [0.1, 0.15) is 6.61 Å². The zero-order valence-corrected chi connectivity index (χ0v) is 13.3. The molecule has 2 aromatic carbocycles. The number of H-pyrrole nitrogens is 1. The first-order valence-corrected chi connectivity index (χ1v) is 8.26. The Labute approximate surface area is 140 Å². The number of amides is 1. The minimum absolute atomic E-state index is 0.257. The van der Waals surface area contributed by atoms with E-state index < -0.39 is 0 Å². The van der Waals surface area contributed by atoms with Gasteiger partial charge in [0.25, 0.3) is 0 Å². The highest BCUT2D eigenvalue weighted by atomic mass is 16.5. The minimum Gasteiger partial charge on any atom is -0.445 e. The van der Waals surface area contributed by atoms with Crippen LogP contribution < -0.4 is 5.32 Å². The standard InChI is InChI=1S/C19H19N3O2/c23-19-20-9-2-1-4-13-7-8-17-16(11-13)18(22-21-17)15-6-3-5-14(10-15)12-24-19/h3,5-8,10-11H,1-2,4,9,12H2,(H,20,23)(H,21,22). The summed E-state index contributed by atoms with van der Waals surface area (Å²) in [5.74, 6) is 0. The Kier molecular flexibility index (Phi) is 3.91. The lowest BCUT2D eigenvalue weighted by atomic mass is 10.0. The van der Waals surface area contributed by atoms with Crippen molar-refractivity contribution >= 4 is 17.0 Å². The van der Waals surface area contributed by atoms with E-state index in [0.29, 0.717) is 6.54 Å². The second kappa shape index (κ2) is 6.35. The number of nitrogens with one attached hydrogen (secondary N) is 2. The van der Waals surface area contributed by atoms with Gasteiger partial charge >= 0.3 is 6.09 Å². The Hall–Kier alpha value is -2.82. The van der Waals surface area contributed by atoms with Crippen molar-refractivity contribution in [1.82, 2.24) is 15.5 Å². The minimum atomic E-state index is -0.363. The predicted molar refractivity (Wildman–Crippen MR) is 92.7 cm³/mol. The number of cyclic esters (lactones) is 1. The molecule has 2 N–H and O–H groups in total. The van der Waals surface area contributed by atoms with Gasteiger partial charge in [0.15, 0.2) is 0 Å². The Morgan fingerprint density at radius 3 is 2.96 bits per heavy atom. The molecule has 0 aliphatic carbocycles. The normalized spacial score (nSPS) is 15.4. The molecule has 0 saturated carbocycles. The van der Waals surface area contributed by atoms with E-state index >= 15 is 0 Å². The monoisotopic (exact) mass is 321 g/mol. The summed E-state index contributed by atoms with van der Waals surface area (Å²) in [7, 11) is 0. The third kappa shape index (κ3) is 2.97. The number of hydrogen-bond acceptors (Lipinski definition) is 3. The molecule has 0 radical (unpaired) electrons. The van der Waals surface area contributed by atoms with Crippen LogP contribution in [0.3, 0.4) is 0 Å². The molecule has 0 unspecified atom stereocenters. The fraction of sp³-hybridized carbons (Fsp3) is 0.263. The zero-order chi connectivity index (χ0) is 16.4. The molecule has 5 nitrogen and oxygen atoms in total. The number of aryl methyl sites for hydroxylation is 1. The van der Waals surface area contributed by atoms with Gasteiger partial charge in [0.2, 0.25) is 0 Å². The van der Waals surface area contributed by atoms with E-state index in [-0.39, 0.29) is 12.7 Å². The molecule has 1 amide bonds. The molecular weight excluding hydrogens is 302 g/mol. The average Bonchev–Trinajstić information content (AvgIpc) is 3.02. The first kappa shape index (κ1) is 14.8. The largest absolute Gasteiger partial charge is 0.445 e. The van der Waals surface area contributed by atoms with E-state index in [1.807, 2.05) is 24.3 Å². The number of ether oxygens (including phenoxy) is 1. The molecule has 3 aromatic rings. The molecule has 1 aromatic heterocycles. The van der Waals surface area contributed by atoms with Crippen LogP contribution in [-0.4, -0.2) is 22.8 Å². The number of benzene rings is 2. The summed E-state index contributed by atoms with van der Waals surface area (Å²) in [6.07, 6.45) is 2.57. The van der Waals surface area contributed by atoms with Crippen LogP contribution in [0.2, 0.25) is 0 Å². The molecule has 0 spiro atoms. The Bertz CT molecular complexity index is 885. The first-order valence-electron chi connectivity index (χ1n) is 8.26. The van der Waals surface area contributed by atoms with Crippen LogP contribution in [0, 0.1) is 0 Å². The van der Waals surface area contributed by atoms with Gasteiger partial charge in [-0.05, 0) is 48.6 Å². The second-order valence-corrected chi connectivity index (χ2v) is 6.11. The number of rotatable bonds is 0. The summed E-state index contributed by atoms with van der Waals surface area (Å²) in [4.78, 5) is 11.7. The second-order valence-electron chi connectivity index (χ2n) is 6.11. The van der Waals surface area contributed by atoms with Crippen LogP contribution in [0.4, 0.5) is 4.79 Å². The van der Waals surface area contributed by atoms with E-state index in [1.165, 1.54) is 5.56 Å². The number of aromatic amines is 1. The van der Waals surface area contributed by atoms with E-state index in [2.05, 4.69) is 33.7 Å². The SMILES string of the molecule is O=C1NCCCCc2ccc3[nH]nc(c3c2)-c2cccc(c2)CO1.